The van der Waals surface area contributed by atoms with Crippen LogP contribution in [-0.2, 0) is 52.4 Å². The van der Waals surface area contributed by atoms with Crippen LogP contribution in [0.15, 0.2) is 112 Å². The highest BCUT2D eigenvalue weighted by Crippen LogP contribution is 2.52. The number of carboxylic acid groups (broad SMARTS) is 1. The summed E-state index contributed by atoms with van der Waals surface area (Å²) in [7, 11) is -13.1. The van der Waals surface area contributed by atoms with Crippen molar-refractivity contribution in [3.8, 4) is 0 Å². The first-order valence-corrected chi connectivity index (χ1v) is 22.1. The van der Waals surface area contributed by atoms with Crippen molar-refractivity contribution in [3.05, 3.63) is 136 Å². The Morgan fingerprint density at radius 1 is 0.855 bits per heavy atom. The van der Waals surface area contributed by atoms with Gasteiger partial charge in [-0.05, 0) is 95.0 Å². The predicted octanol–water partition coefficient (Wildman–Crippen LogP) is 8.04. The first-order valence-electron chi connectivity index (χ1n) is 17.6. The molecule has 1 aliphatic rings. The summed E-state index contributed by atoms with van der Waals surface area (Å²) in [6.07, 6.45) is 9.00. The van der Waals surface area contributed by atoms with Gasteiger partial charge >= 0.3 is 5.97 Å². The average Bonchev–Trinajstić information content (AvgIpc) is 3.29. The Balaban J connectivity index is 1.82. The molecule has 0 aliphatic heterocycles. The molecule has 4 N–H and O–H groups in total. The molecule has 1 atom stereocenters. The van der Waals surface area contributed by atoms with Gasteiger partial charge in [-0.3, -0.25) is 18.5 Å². The smallest absolute Gasteiger partial charge is 0.303 e. The molecule has 11 nitrogen and oxygen atoms in total. The Hall–Kier alpha value is -4.18. The second-order valence-electron chi connectivity index (χ2n) is 15.0. The first-order chi connectivity index (χ1) is 25.3. The molecule has 0 saturated carbocycles. The highest BCUT2D eigenvalue weighted by atomic mass is 32.2. The summed E-state index contributed by atoms with van der Waals surface area (Å²) in [6.45, 7) is 14.0. The molecule has 0 aromatic heterocycles. The Bertz CT molecular complexity index is 2400. The maximum Gasteiger partial charge on any atom is 0.303 e. The summed E-state index contributed by atoms with van der Waals surface area (Å²) in [6, 6.07) is 16.4. The molecule has 0 saturated heterocycles. The van der Waals surface area contributed by atoms with E-state index in [2.05, 4.69) is 6.58 Å². The molecule has 0 spiro atoms. The third-order valence-corrected chi connectivity index (χ3v) is 12.9. The predicted molar refractivity (Wildman–Crippen MR) is 213 cm³/mol. The number of aryl methyl sites for hydroxylation is 2. The maximum atomic E-state index is 12.1. The van der Waals surface area contributed by atoms with E-state index in [-0.39, 0.29) is 28.6 Å². The molecule has 4 rings (SSSR count). The molecule has 0 radical (unpaired) electrons. The van der Waals surface area contributed by atoms with E-state index < -0.39 is 52.9 Å². The van der Waals surface area contributed by atoms with Crippen molar-refractivity contribution in [2.75, 3.05) is 5.75 Å². The lowest BCUT2D eigenvalue weighted by molar-refractivity contribution is -0.136. The monoisotopic (exact) mass is 812 g/mol. The normalized spacial score (nSPS) is 17.1. The van der Waals surface area contributed by atoms with E-state index >= 15 is 0 Å². The number of hydrogen-bond donors (Lipinski definition) is 4. The molecule has 3 aromatic carbocycles. The van der Waals surface area contributed by atoms with Crippen molar-refractivity contribution in [1.82, 2.24) is 0 Å². The van der Waals surface area contributed by atoms with Crippen molar-refractivity contribution in [2.45, 2.75) is 93.3 Å². The van der Waals surface area contributed by atoms with Gasteiger partial charge in [-0.25, -0.2) is 0 Å². The Kier molecular flexibility index (Phi) is 13.1. The fourth-order valence-corrected chi connectivity index (χ4v) is 8.85. The highest BCUT2D eigenvalue weighted by molar-refractivity contribution is 7.86. The molecular formula is C41H48O11S3. The number of carbonyl (C=O) groups is 1. The summed E-state index contributed by atoms with van der Waals surface area (Å²) in [4.78, 5) is 10.7. The molecule has 3 aromatic rings. The Morgan fingerprint density at radius 3 is 2.02 bits per heavy atom. The minimum atomic E-state index is -4.51. The van der Waals surface area contributed by atoms with Crippen LogP contribution in [0.3, 0.4) is 0 Å². The van der Waals surface area contributed by atoms with Crippen LogP contribution in [0.2, 0.25) is 0 Å². The zero-order chi connectivity index (χ0) is 41.1. The van der Waals surface area contributed by atoms with Crippen LogP contribution in [0.1, 0.15) is 92.7 Å². The average molecular weight is 813 g/mol. The van der Waals surface area contributed by atoms with E-state index in [0.29, 0.717) is 36.0 Å². The third kappa shape index (κ3) is 10.8. The second kappa shape index (κ2) is 16.5. The van der Waals surface area contributed by atoms with Gasteiger partial charge in [-0.15, -0.1) is 0 Å². The summed E-state index contributed by atoms with van der Waals surface area (Å²) in [5.41, 5.74) is 5.72. The Morgan fingerprint density at radius 2 is 1.45 bits per heavy atom. The van der Waals surface area contributed by atoms with E-state index in [0.717, 1.165) is 33.4 Å². The fraction of sp³-hybridized carbons (Fsp3) is 0.341. The number of rotatable bonds is 16. The zero-order valence-electron chi connectivity index (χ0n) is 31.5. The van der Waals surface area contributed by atoms with Gasteiger partial charge in [0.15, 0.2) is 0 Å². The largest absolute Gasteiger partial charge is 0.481 e. The van der Waals surface area contributed by atoms with Gasteiger partial charge in [0.25, 0.3) is 30.4 Å². The van der Waals surface area contributed by atoms with E-state index in [4.69, 9.17) is 5.11 Å². The molecule has 0 heterocycles. The topological polar surface area (TPSA) is 200 Å². The van der Waals surface area contributed by atoms with E-state index in [9.17, 15) is 43.7 Å². The maximum absolute atomic E-state index is 12.1. The number of allylic oxidation sites excluding steroid dienone is 7. The van der Waals surface area contributed by atoms with Gasteiger partial charge in [0.1, 0.15) is 0 Å². The van der Waals surface area contributed by atoms with Gasteiger partial charge in [0.05, 0.1) is 15.5 Å². The lowest BCUT2D eigenvalue weighted by Crippen LogP contribution is -2.20. The zero-order valence-corrected chi connectivity index (χ0v) is 33.9. The first kappa shape index (κ1) is 43.5. The number of carboxylic acids is 1. The number of benzene rings is 3. The van der Waals surface area contributed by atoms with Crippen LogP contribution in [0.25, 0.3) is 5.57 Å². The number of unbranched alkanes of at least 4 members (excludes halogenated alkanes) is 1. The van der Waals surface area contributed by atoms with Crippen LogP contribution in [0, 0.1) is 6.92 Å². The third-order valence-electron chi connectivity index (χ3n) is 10.4. The van der Waals surface area contributed by atoms with Crippen molar-refractivity contribution in [3.63, 3.8) is 0 Å². The number of hydrogen-bond acceptors (Lipinski definition) is 7. The lowest BCUT2D eigenvalue weighted by atomic mass is 9.76. The summed E-state index contributed by atoms with van der Waals surface area (Å²) in [5, 5.41) is 9.16. The minimum Gasteiger partial charge on any atom is -0.481 e. The van der Waals surface area contributed by atoms with Crippen LogP contribution < -0.4 is 0 Å². The Labute approximate surface area is 324 Å². The molecule has 0 fully saturated rings. The lowest BCUT2D eigenvalue weighted by Gasteiger charge is -2.28. The van der Waals surface area contributed by atoms with Crippen LogP contribution >= 0.6 is 0 Å². The second-order valence-corrected chi connectivity index (χ2v) is 19.4. The van der Waals surface area contributed by atoms with Gasteiger partial charge in [0.2, 0.25) is 0 Å². The van der Waals surface area contributed by atoms with E-state index in [1.165, 1.54) is 24.3 Å². The number of aliphatic carboxylic acids is 1. The van der Waals surface area contributed by atoms with Gasteiger partial charge in [-0.1, -0.05) is 107 Å². The van der Waals surface area contributed by atoms with Crippen molar-refractivity contribution in [2.24, 2.45) is 0 Å². The summed E-state index contributed by atoms with van der Waals surface area (Å²) in [5.74, 6) is -1.67. The quantitative estimate of drug-likeness (QED) is 0.0620. The van der Waals surface area contributed by atoms with Gasteiger partial charge in [-0.2, -0.15) is 25.3 Å². The summed E-state index contributed by atoms with van der Waals surface area (Å²) < 4.78 is 99.3. The summed E-state index contributed by atoms with van der Waals surface area (Å²) >= 11 is 0. The van der Waals surface area contributed by atoms with Crippen LogP contribution in [0.4, 0.5) is 0 Å². The van der Waals surface area contributed by atoms with Crippen molar-refractivity contribution in [1.29, 1.82) is 0 Å². The molecule has 296 valence electrons. The van der Waals surface area contributed by atoms with Crippen LogP contribution in [-0.4, -0.2) is 55.7 Å². The number of fused-ring (bicyclic) bond motifs is 1. The minimum absolute atomic E-state index is 0.0197. The molecule has 0 amide bonds. The molecule has 55 heavy (non-hydrogen) atoms. The molecule has 1 aliphatic carbocycles. The van der Waals surface area contributed by atoms with Gasteiger partial charge in [0, 0.05) is 23.2 Å². The SMILES string of the molecule is C=C(/C=C/C(=C/C=C1\C(CCCCS(=O)(=O)O)c2cc(S(=O)(=O)O)ccc2C1(C)C)c1ccc(CCC(=O)O)cc1)C(C)(C)c1ccc(S(=O)(=O)O)cc1C. The van der Waals surface area contributed by atoms with Crippen molar-refractivity contribution < 1.29 is 48.8 Å². The van der Waals surface area contributed by atoms with Crippen LogP contribution in [0.5, 0.6) is 0 Å². The van der Waals surface area contributed by atoms with Gasteiger partial charge < -0.3 is 5.11 Å². The molecular weight excluding hydrogens is 765 g/mol. The fourth-order valence-electron chi connectivity index (χ4n) is 7.20. The van der Waals surface area contributed by atoms with E-state index in [1.807, 2.05) is 76.3 Å². The van der Waals surface area contributed by atoms with E-state index in [1.54, 1.807) is 19.1 Å². The van der Waals surface area contributed by atoms with Crippen molar-refractivity contribution >= 4 is 41.9 Å². The molecule has 14 heteroatoms. The standard InChI is InChI=1S/C41H48O11S3/c1-27-25-32(54(47,48)49)18-21-36(27)40(3,4)28(2)10-14-30(31-15-11-29(12-16-31)13-23-39(42)43)17-20-37-34(9-7-8-24-53(44,45)46)35-26-33(55(50,51)52)19-22-38(35)41(37,5)6/h10-12,14-22,25-26,34H,2,7-9,13,23-24H2,1,3-6H3,(H,42,43)(H,44,45,46)(H,47,48,49)(H,50,51,52)/b14-10+,30-17-,37-20+. The highest BCUT2D eigenvalue weighted by Gasteiger charge is 2.41. The molecule has 0 bridgehead atoms. The molecule has 1 unspecified atom stereocenters.